The smallest absolute Gasteiger partial charge is 0.0815 e. The Morgan fingerprint density at radius 1 is 1.06 bits per heavy atom. The van der Waals surface area contributed by atoms with Crippen molar-refractivity contribution >= 4 is 0 Å². The first-order valence-corrected chi connectivity index (χ1v) is 6.38. The van der Waals surface area contributed by atoms with Crippen molar-refractivity contribution in [2.45, 2.75) is 44.1 Å². The summed E-state index contributed by atoms with van der Waals surface area (Å²) in [5.74, 6) is 0. The molecule has 0 aliphatic carbocycles. The highest BCUT2D eigenvalue weighted by molar-refractivity contribution is 4.83. The Kier molecular flexibility index (Phi) is 6.96. The second-order valence-corrected chi connectivity index (χ2v) is 4.65. The minimum absolute atomic E-state index is 0.299. The quantitative estimate of drug-likeness (QED) is 0.537. The number of aliphatic hydroxyl groups excluding tert-OH is 1. The third-order valence-corrected chi connectivity index (χ3v) is 3.14. The summed E-state index contributed by atoms with van der Waals surface area (Å²) in [6.07, 6.45) is 5.74. The van der Waals surface area contributed by atoms with Crippen molar-refractivity contribution in [1.29, 1.82) is 0 Å². The zero-order valence-corrected chi connectivity index (χ0v) is 10.1. The van der Waals surface area contributed by atoms with Gasteiger partial charge in [-0.1, -0.05) is 12.8 Å². The van der Waals surface area contributed by atoms with Crippen LogP contribution in [0, 0.1) is 0 Å². The molecule has 4 nitrogen and oxygen atoms in total. The van der Waals surface area contributed by atoms with Crippen LogP contribution in [0.1, 0.15) is 38.5 Å². The topological polar surface area (TPSA) is 61.7 Å². The first-order valence-electron chi connectivity index (χ1n) is 6.38. The molecule has 96 valence electrons. The molecule has 0 saturated carbocycles. The fourth-order valence-corrected chi connectivity index (χ4v) is 1.96. The summed E-state index contributed by atoms with van der Waals surface area (Å²) in [6, 6.07) is 0. The number of ether oxygens (including phenoxy) is 1. The van der Waals surface area contributed by atoms with Crippen LogP contribution < -0.4 is 5.32 Å². The Morgan fingerprint density at radius 2 is 1.75 bits per heavy atom. The van der Waals surface area contributed by atoms with Gasteiger partial charge in [-0.05, 0) is 19.4 Å². The summed E-state index contributed by atoms with van der Waals surface area (Å²) >= 11 is 0. The largest absolute Gasteiger partial charge is 0.396 e. The summed E-state index contributed by atoms with van der Waals surface area (Å²) in [6.45, 7) is 3.28. The van der Waals surface area contributed by atoms with Gasteiger partial charge in [-0.2, -0.15) is 0 Å². The van der Waals surface area contributed by atoms with Gasteiger partial charge in [-0.25, -0.2) is 0 Å². The molecule has 16 heavy (non-hydrogen) atoms. The first-order chi connectivity index (χ1) is 7.77. The fourth-order valence-electron chi connectivity index (χ4n) is 1.96. The van der Waals surface area contributed by atoms with Crippen molar-refractivity contribution < 1.29 is 14.9 Å². The van der Waals surface area contributed by atoms with Crippen LogP contribution in [0.5, 0.6) is 0 Å². The standard InChI is InChI=1S/C12H25NO3/c14-8-4-2-1-3-7-13-11-12(15)5-9-16-10-6-12/h13-15H,1-11H2. The molecule has 1 saturated heterocycles. The van der Waals surface area contributed by atoms with E-state index in [2.05, 4.69) is 5.32 Å². The molecule has 1 fully saturated rings. The minimum atomic E-state index is -0.552. The maximum atomic E-state index is 10.1. The zero-order valence-electron chi connectivity index (χ0n) is 10.1. The molecule has 3 N–H and O–H groups in total. The Hall–Kier alpha value is -0.160. The van der Waals surface area contributed by atoms with Crippen molar-refractivity contribution in [1.82, 2.24) is 5.32 Å². The Labute approximate surface area is 98.0 Å². The van der Waals surface area contributed by atoms with Gasteiger partial charge in [-0.15, -0.1) is 0 Å². The van der Waals surface area contributed by atoms with Gasteiger partial charge in [0, 0.05) is 39.2 Å². The van der Waals surface area contributed by atoms with Crippen molar-refractivity contribution in [3.63, 3.8) is 0 Å². The maximum absolute atomic E-state index is 10.1. The third kappa shape index (κ3) is 5.80. The van der Waals surface area contributed by atoms with Crippen LogP contribution in [-0.2, 0) is 4.74 Å². The summed E-state index contributed by atoms with van der Waals surface area (Å²) < 4.78 is 5.23. The molecule has 0 spiro atoms. The van der Waals surface area contributed by atoms with Gasteiger partial charge in [0.15, 0.2) is 0 Å². The lowest BCUT2D eigenvalue weighted by atomic mass is 9.94. The van der Waals surface area contributed by atoms with E-state index in [1.165, 1.54) is 0 Å². The van der Waals surface area contributed by atoms with Crippen LogP contribution in [-0.4, -0.2) is 48.7 Å². The number of hydrogen-bond donors (Lipinski definition) is 3. The van der Waals surface area contributed by atoms with Crippen LogP contribution in [0.25, 0.3) is 0 Å². The van der Waals surface area contributed by atoms with E-state index in [-0.39, 0.29) is 0 Å². The van der Waals surface area contributed by atoms with Crippen LogP contribution in [0.15, 0.2) is 0 Å². The molecule has 1 aliphatic rings. The van der Waals surface area contributed by atoms with E-state index in [0.717, 1.165) is 45.1 Å². The molecular formula is C12H25NO3. The number of rotatable bonds is 8. The molecule has 0 aromatic carbocycles. The van der Waals surface area contributed by atoms with Crippen LogP contribution in [0.4, 0.5) is 0 Å². The van der Waals surface area contributed by atoms with Crippen molar-refractivity contribution in [3.8, 4) is 0 Å². The van der Waals surface area contributed by atoms with Gasteiger partial charge in [0.25, 0.3) is 0 Å². The van der Waals surface area contributed by atoms with Crippen molar-refractivity contribution in [3.05, 3.63) is 0 Å². The number of hydrogen-bond acceptors (Lipinski definition) is 4. The van der Waals surface area contributed by atoms with E-state index < -0.39 is 5.60 Å². The average Bonchev–Trinajstić information content (AvgIpc) is 2.29. The molecule has 0 aromatic rings. The highest BCUT2D eigenvalue weighted by atomic mass is 16.5. The summed E-state index contributed by atoms with van der Waals surface area (Å²) in [5, 5.41) is 22.1. The molecule has 0 atom stereocenters. The molecule has 1 heterocycles. The summed E-state index contributed by atoms with van der Waals surface area (Å²) in [4.78, 5) is 0. The molecule has 4 heteroatoms. The fraction of sp³-hybridized carbons (Fsp3) is 1.00. The summed E-state index contributed by atoms with van der Waals surface area (Å²) in [7, 11) is 0. The van der Waals surface area contributed by atoms with Crippen LogP contribution in [0.3, 0.4) is 0 Å². The Balaban J connectivity index is 1.93. The number of nitrogens with one attached hydrogen (secondary N) is 1. The lowest BCUT2D eigenvalue weighted by Crippen LogP contribution is -2.45. The van der Waals surface area contributed by atoms with E-state index >= 15 is 0 Å². The molecule has 0 amide bonds. The normalized spacial score (nSPS) is 19.9. The van der Waals surface area contributed by atoms with Gasteiger partial charge < -0.3 is 20.3 Å². The highest BCUT2D eigenvalue weighted by Gasteiger charge is 2.28. The second-order valence-electron chi connectivity index (χ2n) is 4.65. The highest BCUT2D eigenvalue weighted by Crippen LogP contribution is 2.19. The maximum Gasteiger partial charge on any atom is 0.0815 e. The molecule has 0 unspecified atom stereocenters. The molecule has 0 radical (unpaired) electrons. The SMILES string of the molecule is OCCCCCCNCC1(O)CCOCC1. The van der Waals surface area contributed by atoms with Gasteiger partial charge in [-0.3, -0.25) is 0 Å². The lowest BCUT2D eigenvalue weighted by molar-refractivity contribution is -0.0614. The average molecular weight is 231 g/mol. The lowest BCUT2D eigenvalue weighted by Gasteiger charge is -2.32. The van der Waals surface area contributed by atoms with E-state index in [0.29, 0.717) is 26.4 Å². The van der Waals surface area contributed by atoms with E-state index in [9.17, 15) is 5.11 Å². The van der Waals surface area contributed by atoms with Crippen LogP contribution >= 0.6 is 0 Å². The predicted octanol–water partition coefficient (Wildman–Crippen LogP) is 0.670. The predicted molar refractivity (Wildman–Crippen MR) is 63.4 cm³/mol. The van der Waals surface area contributed by atoms with Crippen molar-refractivity contribution in [2.24, 2.45) is 0 Å². The van der Waals surface area contributed by atoms with E-state index in [1.54, 1.807) is 0 Å². The van der Waals surface area contributed by atoms with Gasteiger partial charge >= 0.3 is 0 Å². The Morgan fingerprint density at radius 3 is 2.44 bits per heavy atom. The van der Waals surface area contributed by atoms with Gasteiger partial charge in [0.2, 0.25) is 0 Å². The minimum Gasteiger partial charge on any atom is -0.396 e. The van der Waals surface area contributed by atoms with Gasteiger partial charge in [0.05, 0.1) is 5.60 Å². The van der Waals surface area contributed by atoms with Crippen molar-refractivity contribution in [2.75, 3.05) is 32.9 Å². The third-order valence-electron chi connectivity index (χ3n) is 3.14. The monoisotopic (exact) mass is 231 g/mol. The molecule has 0 bridgehead atoms. The molecule has 1 rings (SSSR count). The molecule has 1 aliphatic heterocycles. The van der Waals surface area contributed by atoms with E-state index in [4.69, 9.17) is 9.84 Å². The van der Waals surface area contributed by atoms with Gasteiger partial charge in [0.1, 0.15) is 0 Å². The van der Waals surface area contributed by atoms with E-state index in [1.807, 2.05) is 0 Å². The zero-order chi connectivity index (χ0) is 11.7. The van der Waals surface area contributed by atoms with Crippen LogP contribution in [0.2, 0.25) is 0 Å². The summed E-state index contributed by atoms with van der Waals surface area (Å²) in [5.41, 5.74) is -0.552. The Bertz CT molecular complexity index is 170. The first kappa shape index (κ1) is 13.9. The molecule has 0 aromatic heterocycles. The number of unbranched alkanes of at least 4 members (excludes halogenated alkanes) is 3. The second kappa shape index (κ2) is 8.01. The number of aliphatic hydroxyl groups is 2. The molecular weight excluding hydrogens is 206 g/mol.